The van der Waals surface area contributed by atoms with Crippen LogP contribution in [0.15, 0.2) is 12.2 Å². The highest BCUT2D eigenvalue weighted by molar-refractivity contribution is 6.05. The van der Waals surface area contributed by atoms with E-state index < -0.39 is 5.41 Å². The largest absolute Gasteiger partial charge is 0.461 e. The zero-order valence-electron chi connectivity index (χ0n) is 9.41. The van der Waals surface area contributed by atoms with Crippen molar-refractivity contribution < 1.29 is 14.3 Å². The van der Waals surface area contributed by atoms with Crippen LogP contribution in [-0.4, -0.2) is 18.4 Å². The van der Waals surface area contributed by atoms with Crippen molar-refractivity contribution in [3.05, 3.63) is 12.2 Å². The van der Waals surface area contributed by atoms with Gasteiger partial charge in [0, 0.05) is 6.42 Å². The summed E-state index contributed by atoms with van der Waals surface area (Å²) in [5.74, 6) is -0.291. The first-order valence-electron chi connectivity index (χ1n) is 5.49. The molecule has 15 heavy (non-hydrogen) atoms. The van der Waals surface area contributed by atoms with Crippen LogP contribution in [0.5, 0.6) is 0 Å². The van der Waals surface area contributed by atoms with Gasteiger partial charge in [-0.15, -0.1) is 0 Å². The van der Waals surface area contributed by atoms with Gasteiger partial charge < -0.3 is 4.74 Å². The summed E-state index contributed by atoms with van der Waals surface area (Å²) in [5.41, 5.74) is -0.832. The van der Waals surface area contributed by atoms with Crippen LogP contribution in [0.2, 0.25) is 0 Å². The SMILES string of the molecule is CC=CCOC(=O)C1(CC)CCCC1=O. The van der Waals surface area contributed by atoms with Gasteiger partial charge in [0.15, 0.2) is 0 Å². The zero-order valence-corrected chi connectivity index (χ0v) is 9.41. The second-order valence-electron chi connectivity index (χ2n) is 3.88. The number of ketones is 1. The first kappa shape index (κ1) is 12.0. The summed E-state index contributed by atoms with van der Waals surface area (Å²) in [6.07, 6.45) is 6.12. The predicted octanol–water partition coefficient (Wildman–Crippen LogP) is 2.26. The molecule has 3 heteroatoms. The Bertz CT molecular complexity index is 281. The number of Topliss-reactive ketones (excluding diaryl/α,β-unsaturated/α-hetero) is 1. The van der Waals surface area contributed by atoms with E-state index in [0.29, 0.717) is 19.3 Å². The van der Waals surface area contributed by atoms with Crippen molar-refractivity contribution in [1.82, 2.24) is 0 Å². The van der Waals surface area contributed by atoms with Crippen LogP contribution >= 0.6 is 0 Å². The molecule has 0 heterocycles. The molecule has 0 aromatic carbocycles. The Labute approximate surface area is 90.5 Å². The Balaban J connectivity index is 2.65. The third-order valence-electron chi connectivity index (χ3n) is 3.08. The number of carbonyl (C=O) groups is 2. The van der Waals surface area contributed by atoms with Gasteiger partial charge in [0.05, 0.1) is 0 Å². The first-order chi connectivity index (χ1) is 7.17. The number of ether oxygens (including phenoxy) is 1. The summed E-state index contributed by atoms with van der Waals surface area (Å²) in [6, 6.07) is 0. The highest BCUT2D eigenvalue weighted by Crippen LogP contribution is 2.38. The van der Waals surface area contributed by atoms with Gasteiger partial charge in [-0.2, -0.15) is 0 Å². The quantitative estimate of drug-likeness (QED) is 0.406. The number of rotatable bonds is 4. The molecule has 0 amide bonds. The normalized spacial score (nSPS) is 26.1. The molecule has 0 aromatic heterocycles. The molecular formula is C12H18O3. The van der Waals surface area contributed by atoms with Crippen molar-refractivity contribution in [3.8, 4) is 0 Å². The molecule has 0 spiro atoms. The second-order valence-corrected chi connectivity index (χ2v) is 3.88. The summed E-state index contributed by atoms with van der Waals surface area (Å²) in [4.78, 5) is 23.5. The highest BCUT2D eigenvalue weighted by Gasteiger charge is 2.48. The Morgan fingerprint density at radius 3 is 2.80 bits per heavy atom. The summed E-state index contributed by atoms with van der Waals surface area (Å²) >= 11 is 0. The summed E-state index contributed by atoms with van der Waals surface area (Å²) < 4.78 is 5.08. The molecule has 1 fully saturated rings. The Hall–Kier alpha value is -1.12. The van der Waals surface area contributed by atoms with E-state index in [1.165, 1.54) is 0 Å². The Kier molecular flexibility index (Phi) is 4.06. The van der Waals surface area contributed by atoms with Crippen LogP contribution in [0.1, 0.15) is 39.5 Å². The summed E-state index contributed by atoms with van der Waals surface area (Å²) in [5, 5.41) is 0. The number of allylic oxidation sites excluding steroid dienone is 1. The zero-order chi connectivity index (χ0) is 11.3. The minimum absolute atomic E-state index is 0.0514. The minimum atomic E-state index is -0.832. The van der Waals surface area contributed by atoms with Gasteiger partial charge in [-0.25, -0.2) is 0 Å². The Morgan fingerprint density at radius 1 is 1.60 bits per heavy atom. The van der Waals surface area contributed by atoms with E-state index in [1.807, 2.05) is 19.9 Å². The fourth-order valence-electron chi connectivity index (χ4n) is 2.02. The second kappa shape index (κ2) is 5.10. The maximum absolute atomic E-state index is 11.8. The minimum Gasteiger partial charge on any atom is -0.461 e. The van der Waals surface area contributed by atoms with Crippen molar-refractivity contribution in [1.29, 1.82) is 0 Å². The average Bonchev–Trinajstić information content (AvgIpc) is 2.61. The van der Waals surface area contributed by atoms with Gasteiger partial charge in [-0.3, -0.25) is 9.59 Å². The van der Waals surface area contributed by atoms with Gasteiger partial charge in [0.25, 0.3) is 0 Å². The molecule has 3 nitrogen and oxygen atoms in total. The molecule has 1 unspecified atom stereocenters. The van der Waals surface area contributed by atoms with E-state index in [9.17, 15) is 9.59 Å². The molecule has 0 bridgehead atoms. The standard InChI is InChI=1S/C12H18O3/c1-3-5-9-15-11(14)12(4-2)8-6-7-10(12)13/h3,5H,4,6-9H2,1-2H3. The molecular weight excluding hydrogens is 192 g/mol. The van der Waals surface area contributed by atoms with Crippen LogP contribution < -0.4 is 0 Å². The van der Waals surface area contributed by atoms with Crippen molar-refractivity contribution in [2.75, 3.05) is 6.61 Å². The van der Waals surface area contributed by atoms with Gasteiger partial charge >= 0.3 is 5.97 Å². The van der Waals surface area contributed by atoms with Crippen LogP contribution in [0.3, 0.4) is 0 Å². The lowest BCUT2D eigenvalue weighted by molar-refractivity contribution is -0.158. The van der Waals surface area contributed by atoms with Crippen molar-refractivity contribution in [3.63, 3.8) is 0 Å². The monoisotopic (exact) mass is 210 g/mol. The molecule has 0 aliphatic heterocycles. The van der Waals surface area contributed by atoms with Gasteiger partial charge in [0.1, 0.15) is 17.8 Å². The van der Waals surface area contributed by atoms with E-state index in [1.54, 1.807) is 6.08 Å². The molecule has 1 rings (SSSR count). The molecule has 0 aromatic rings. The fraction of sp³-hybridized carbons (Fsp3) is 0.667. The van der Waals surface area contributed by atoms with E-state index in [4.69, 9.17) is 4.74 Å². The molecule has 0 radical (unpaired) electrons. The summed E-state index contributed by atoms with van der Waals surface area (Å²) in [7, 11) is 0. The third-order valence-corrected chi connectivity index (χ3v) is 3.08. The molecule has 1 aliphatic carbocycles. The Morgan fingerprint density at radius 2 is 2.33 bits per heavy atom. The summed E-state index contributed by atoms with van der Waals surface area (Å²) in [6.45, 7) is 4.01. The average molecular weight is 210 g/mol. The lowest BCUT2D eigenvalue weighted by atomic mass is 9.82. The maximum Gasteiger partial charge on any atom is 0.319 e. The van der Waals surface area contributed by atoms with E-state index in [0.717, 1.165) is 6.42 Å². The van der Waals surface area contributed by atoms with Gasteiger partial charge in [-0.05, 0) is 26.2 Å². The van der Waals surface area contributed by atoms with E-state index >= 15 is 0 Å². The molecule has 0 saturated heterocycles. The van der Waals surface area contributed by atoms with Crippen LogP contribution in [0, 0.1) is 5.41 Å². The van der Waals surface area contributed by atoms with Crippen molar-refractivity contribution in [2.45, 2.75) is 39.5 Å². The first-order valence-corrected chi connectivity index (χ1v) is 5.49. The number of esters is 1. The third kappa shape index (κ3) is 2.28. The fourth-order valence-corrected chi connectivity index (χ4v) is 2.02. The van der Waals surface area contributed by atoms with Crippen LogP contribution in [-0.2, 0) is 14.3 Å². The highest BCUT2D eigenvalue weighted by atomic mass is 16.5. The van der Waals surface area contributed by atoms with Crippen LogP contribution in [0.25, 0.3) is 0 Å². The molecule has 84 valence electrons. The lowest BCUT2D eigenvalue weighted by Gasteiger charge is -2.22. The van der Waals surface area contributed by atoms with Gasteiger partial charge in [-0.1, -0.05) is 19.1 Å². The van der Waals surface area contributed by atoms with Crippen molar-refractivity contribution in [2.24, 2.45) is 5.41 Å². The smallest absolute Gasteiger partial charge is 0.319 e. The van der Waals surface area contributed by atoms with E-state index in [-0.39, 0.29) is 18.4 Å². The van der Waals surface area contributed by atoms with Gasteiger partial charge in [0.2, 0.25) is 0 Å². The number of hydrogen-bond acceptors (Lipinski definition) is 3. The van der Waals surface area contributed by atoms with Crippen molar-refractivity contribution >= 4 is 11.8 Å². The molecule has 1 saturated carbocycles. The molecule has 0 N–H and O–H groups in total. The number of carbonyl (C=O) groups excluding carboxylic acids is 2. The maximum atomic E-state index is 11.8. The van der Waals surface area contributed by atoms with Crippen LogP contribution in [0.4, 0.5) is 0 Å². The predicted molar refractivity (Wildman–Crippen MR) is 57.4 cm³/mol. The molecule has 1 atom stereocenters. The molecule has 1 aliphatic rings. The van der Waals surface area contributed by atoms with E-state index in [2.05, 4.69) is 0 Å². The topological polar surface area (TPSA) is 43.4 Å². The number of hydrogen-bond donors (Lipinski definition) is 0. The lowest BCUT2D eigenvalue weighted by Crippen LogP contribution is -2.36.